The molecule has 5 heteroatoms. The van der Waals surface area contributed by atoms with Gasteiger partial charge in [-0.2, -0.15) is 0 Å². The smallest absolute Gasteiger partial charge is 0.354 e. The lowest BCUT2D eigenvalue weighted by Crippen LogP contribution is -2.06. The lowest BCUT2D eigenvalue weighted by atomic mass is 10.1. The highest BCUT2D eigenvalue weighted by Crippen LogP contribution is 2.17. The molecular formula is C13H10N2O3. The van der Waals surface area contributed by atoms with Crippen LogP contribution in [0.1, 0.15) is 16.1 Å². The minimum atomic E-state index is -0.683. The third-order valence-electron chi connectivity index (χ3n) is 2.36. The monoisotopic (exact) mass is 242 g/mol. The number of amides is 1. The van der Waals surface area contributed by atoms with Crippen LogP contribution < -0.4 is 5.73 Å². The van der Waals surface area contributed by atoms with Crippen LogP contribution in [0.15, 0.2) is 24.3 Å². The van der Waals surface area contributed by atoms with E-state index in [1.54, 1.807) is 24.3 Å². The van der Waals surface area contributed by atoms with E-state index in [1.807, 2.05) is 0 Å². The van der Waals surface area contributed by atoms with Gasteiger partial charge in [0.05, 0.1) is 7.11 Å². The summed E-state index contributed by atoms with van der Waals surface area (Å²) < 4.78 is 4.62. The number of benzene rings is 1. The standard InChI is InChI=1S/C13H10N2O3/c1-18-13(17)11-7-9-4-2-8(3-5-12(14)16)6-10(9)15-11/h2,4,6-7,15H,1H3,(H2,14,16). The Morgan fingerprint density at radius 1 is 1.33 bits per heavy atom. The largest absolute Gasteiger partial charge is 0.464 e. The number of methoxy groups -OCH3 is 1. The zero-order valence-corrected chi connectivity index (χ0v) is 9.61. The summed E-state index contributed by atoms with van der Waals surface area (Å²) >= 11 is 0. The van der Waals surface area contributed by atoms with Gasteiger partial charge in [-0.1, -0.05) is 12.0 Å². The summed E-state index contributed by atoms with van der Waals surface area (Å²) in [5, 5.41) is 0.861. The zero-order chi connectivity index (χ0) is 13.1. The van der Waals surface area contributed by atoms with Crippen LogP contribution in [0.25, 0.3) is 10.9 Å². The SMILES string of the molecule is COC(=O)c1cc2ccc(C#CC(N)=O)cc2[nH]1. The molecule has 2 aromatic rings. The van der Waals surface area contributed by atoms with Crippen molar-refractivity contribution in [3.63, 3.8) is 0 Å². The van der Waals surface area contributed by atoms with E-state index in [1.165, 1.54) is 7.11 Å². The number of esters is 1. The van der Waals surface area contributed by atoms with Crippen LogP contribution >= 0.6 is 0 Å². The summed E-state index contributed by atoms with van der Waals surface area (Å²) in [5.74, 6) is 3.76. The molecule has 90 valence electrons. The fourth-order valence-electron chi connectivity index (χ4n) is 1.56. The number of ether oxygens (including phenoxy) is 1. The molecule has 0 atom stereocenters. The molecule has 18 heavy (non-hydrogen) atoms. The minimum absolute atomic E-state index is 0.368. The van der Waals surface area contributed by atoms with Crippen molar-refractivity contribution in [2.45, 2.75) is 0 Å². The number of aromatic amines is 1. The zero-order valence-electron chi connectivity index (χ0n) is 9.61. The third kappa shape index (κ3) is 2.33. The molecule has 0 unspecified atom stereocenters. The second-order valence-electron chi connectivity index (χ2n) is 3.59. The first kappa shape index (κ1) is 11.7. The lowest BCUT2D eigenvalue weighted by Gasteiger charge is -1.92. The van der Waals surface area contributed by atoms with Crippen molar-refractivity contribution in [3.8, 4) is 11.8 Å². The van der Waals surface area contributed by atoms with Crippen LogP contribution in [-0.4, -0.2) is 24.0 Å². The van der Waals surface area contributed by atoms with Gasteiger partial charge in [-0.15, -0.1) is 0 Å². The highest BCUT2D eigenvalue weighted by atomic mass is 16.5. The summed E-state index contributed by atoms with van der Waals surface area (Å²) in [4.78, 5) is 24.8. The molecule has 0 aliphatic heterocycles. The van der Waals surface area contributed by atoms with Gasteiger partial charge < -0.3 is 15.5 Å². The van der Waals surface area contributed by atoms with Crippen molar-refractivity contribution < 1.29 is 14.3 Å². The van der Waals surface area contributed by atoms with Gasteiger partial charge in [0, 0.05) is 16.5 Å². The average molecular weight is 242 g/mol. The molecule has 1 amide bonds. The summed E-state index contributed by atoms with van der Waals surface area (Å²) in [6.07, 6.45) is 0. The fraction of sp³-hybridized carbons (Fsp3) is 0.0769. The van der Waals surface area contributed by atoms with E-state index in [9.17, 15) is 9.59 Å². The number of hydrogen-bond donors (Lipinski definition) is 2. The maximum absolute atomic E-state index is 11.3. The molecule has 1 aromatic heterocycles. The molecule has 0 bridgehead atoms. The minimum Gasteiger partial charge on any atom is -0.464 e. The number of H-pyrrole nitrogens is 1. The first-order valence-electron chi connectivity index (χ1n) is 5.12. The number of carbonyl (C=O) groups is 2. The van der Waals surface area contributed by atoms with Crippen LogP contribution in [-0.2, 0) is 9.53 Å². The molecule has 0 aliphatic carbocycles. The number of nitrogens with one attached hydrogen (secondary N) is 1. The van der Waals surface area contributed by atoms with Gasteiger partial charge in [0.2, 0.25) is 0 Å². The first-order valence-corrected chi connectivity index (χ1v) is 5.12. The quantitative estimate of drug-likeness (QED) is 0.572. The Balaban J connectivity index is 2.43. The molecular weight excluding hydrogens is 232 g/mol. The van der Waals surface area contributed by atoms with Crippen molar-refractivity contribution >= 4 is 22.8 Å². The van der Waals surface area contributed by atoms with Crippen LogP contribution in [0.3, 0.4) is 0 Å². The Kier molecular flexibility index (Phi) is 3.02. The lowest BCUT2D eigenvalue weighted by molar-refractivity contribution is -0.112. The van der Waals surface area contributed by atoms with Gasteiger partial charge in [0.1, 0.15) is 5.69 Å². The normalized spacial score (nSPS) is 9.61. The predicted octanol–water partition coefficient (Wildman–Crippen LogP) is 0.791. The van der Waals surface area contributed by atoms with Gasteiger partial charge in [0.15, 0.2) is 0 Å². The Hall–Kier alpha value is -2.74. The van der Waals surface area contributed by atoms with Crippen LogP contribution in [0.4, 0.5) is 0 Å². The second kappa shape index (κ2) is 4.63. The number of carbonyl (C=O) groups excluding carboxylic acids is 2. The summed E-state index contributed by atoms with van der Waals surface area (Å²) in [6, 6.07) is 6.96. The summed E-state index contributed by atoms with van der Waals surface area (Å²) in [5.41, 5.74) is 6.68. The fourth-order valence-corrected chi connectivity index (χ4v) is 1.56. The first-order chi connectivity index (χ1) is 8.60. The van der Waals surface area contributed by atoms with E-state index in [0.29, 0.717) is 11.3 Å². The predicted molar refractivity (Wildman–Crippen MR) is 65.7 cm³/mol. The van der Waals surface area contributed by atoms with E-state index in [4.69, 9.17) is 5.73 Å². The van der Waals surface area contributed by atoms with E-state index < -0.39 is 11.9 Å². The van der Waals surface area contributed by atoms with E-state index in [0.717, 1.165) is 10.9 Å². The molecule has 0 fully saturated rings. The Morgan fingerprint density at radius 3 is 2.78 bits per heavy atom. The summed E-state index contributed by atoms with van der Waals surface area (Å²) in [7, 11) is 1.32. The molecule has 0 radical (unpaired) electrons. The van der Waals surface area contributed by atoms with Crippen molar-refractivity contribution in [2.24, 2.45) is 5.73 Å². The number of primary amides is 1. The maximum Gasteiger partial charge on any atom is 0.354 e. The molecule has 1 heterocycles. The van der Waals surface area contributed by atoms with Crippen molar-refractivity contribution in [2.75, 3.05) is 7.11 Å². The number of hydrogen-bond acceptors (Lipinski definition) is 3. The second-order valence-corrected chi connectivity index (χ2v) is 3.59. The van der Waals surface area contributed by atoms with Gasteiger partial charge in [-0.3, -0.25) is 4.79 Å². The van der Waals surface area contributed by atoms with Gasteiger partial charge in [-0.05, 0) is 24.1 Å². The molecule has 0 saturated carbocycles. The van der Waals surface area contributed by atoms with Crippen LogP contribution in [0.5, 0.6) is 0 Å². The number of aromatic nitrogens is 1. The third-order valence-corrected chi connectivity index (χ3v) is 2.36. The Bertz CT molecular complexity index is 689. The molecule has 5 nitrogen and oxygen atoms in total. The maximum atomic E-state index is 11.3. The number of fused-ring (bicyclic) bond motifs is 1. The van der Waals surface area contributed by atoms with Crippen LogP contribution in [0, 0.1) is 11.8 Å². The highest BCUT2D eigenvalue weighted by molar-refractivity contribution is 5.95. The molecule has 2 rings (SSSR count). The highest BCUT2D eigenvalue weighted by Gasteiger charge is 2.09. The Morgan fingerprint density at radius 2 is 2.11 bits per heavy atom. The topological polar surface area (TPSA) is 85.2 Å². The molecule has 0 aliphatic rings. The van der Waals surface area contributed by atoms with Gasteiger partial charge in [0.25, 0.3) is 5.91 Å². The van der Waals surface area contributed by atoms with Crippen molar-refractivity contribution in [1.82, 2.24) is 4.98 Å². The summed E-state index contributed by atoms with van der Waals surface area (Å²) in [6.45, 7) is 0. The molecule has 0 spiro atoms. The van der Waals surface area contributed by atoms with Crippen molar-refractivity contribution in [1.29, 1.82) is 0 Å². The number of nitrogens with two attached hydrogens (primary N) is 1. The molecule has 3 N–H and O–H groups in total. The van der Waals surface area contributed by atoms with Crippen LogP contribution in [0.2, 0.25) is 0 Å². The molecule has 1 aromatic carbocycles. The molecule has 0 saturated heterocycles. The van der Waals surface area contributed by atoms with E-state index >= 15 is 0 Å². The van der Waals surface area contributed by atoms with Gasteiger partial charge >= 0.3 is 5.97 Å². The Labute approximate surface area is 103 Å². The number of rotatable bonds is 1. The average Bonchev–Trinajstić information content (AvgIpc) is 2.78. The van der Waals surface area contributed by atoms with E-state index in [-0.39, 0.29) is 0 Å². The van der Waals surface area contributed by atoms with E-state index in [2.05, 4.69) is 21.6 Å². The van der Waals surface area contributed by atoms with Crippen molar-refractivity contribution in [3.05, 3.63) is 35.5 Å². The van der Waals surface area contributed by atoms with Gasteiger partial charge in [-0.25, -0.2) is 4.79 Å².